The third-order valence-electron chi connectivity index (χ3n) is 4.23. The number of hydrogen-bond donors (Lipinski definition) is 1. The molecule has 0 unspecified atom stereocenters. The van der Waals surface area contributed by atoms with Gasteiger partial charge < -0.3 is 14.8 Å². The van der Waals surface area contributed by atoms with Crippen LogP contribution in [-0.2, 0) is 13.2 Å². The van der Waals surface area contributed by atoms with Crippen LogP contribution in [0.25, 0.3) is 0 Å². The zero-order valence-corrected chi connectivity index (χ0v) is 17.9. The maximum Gasteiger partial charge on any atom is 0.180 e. The van der Waals surface area contributed by atoms with Gasteiger partial charge in [0.05, 0.1) is 12.1 Å². The van der Waals surface area contributed by atoms with E-state index in [1.807, 2.05) is 31.2 Å². The molecule has 0 atom stereocenters. The first-order valence-corrected chi connectivity index (χ1v) is 9.87. The zero-order valence-electron chi connectivity index (χ0n) is 15.6. The highest BCUT2D eigenvalue weighted by Crippen LogP contribution is 2.37. The van der Waals surface area contributed by atoms with Crippen LogP contribution in [0.4, 0.5) is 10.1 Å². The van der Waals surface area contributed by atoms with Crippen LogP contribution in [-0.4, -0.2) is 7.11 Å². The van der Waals surface area contributed by atoms with E-state index in [1.165, 1.54) is 12.1 Å². The number of anilines is 1. The fourth-order valence-corrected chi connectivity index (χ4v) is 3.58. The molecule has 0 aliphatic heterocycles. The summed E-state index contributed by atoms with van der Waals surface area (Å²) in [5.74, 6) is 0.675. The second-order valence-electron chi connectivity index (χ2n) is 6.34. The minimum atomic E-state index is -0.302. The van der Waals surface area contributed by atoms with Gasteiger partial charge in [-0.3, -0.25) is 0 Å². The summed E-state index contributed by atoms with van der Waals surface area (Å²) in [6.45, 7) is 2.83. The Kier molecular flexibility index (Phi) is 6.81. The minimum absolute atomic E-state index is 0.198. The Labute approximate surface area is 177 Å². The SMILES string of the molecule is COc1cc(CNc2ccc(Br)cc2C)cc(Cl)c1OCc1cccc(F)c1. The molecule has 0 aliphatic carbocycles. The molecule has 0 bridgehead atoms. The molecule has 0 fully saturated rings. The number of ether oxygens (including phenoxy) is 2. The van der Waals surface area contributed by atoms with Crippen LogP contribution in [0.5, 0.6) is 11.5 Å². The highest BCUT2D eigenvalue weighted by molar-refractivity contribution is 9.10. The van der Waals surface area contributed by atoms with Crippen molar-refractivity contribution in [2.24, 2.45) is 0 Å². The lowest BCUT2D eigenvalue weighted by Gasteiger charge is -2.15. The van der Waals surface area contributed by atoms with E-state index in [-0.39, 0.29) is 12.4 Å². The monoisotopic (exact) mass is 463 g/mol. The van der Waals surface area contributed by atoms with Gasteiger partial charge in [-0.1, -0.05) is 39.7 Å². The summed E-state index contributed by atoms with van der Waals surface area (Å²) in [5, 5.41) is 3.85. The summed E-state index contributed by atoms with van der Waals surface area (Å²) in [7, 11) is 1.57. The Morgan fingerprint density at radius 1 is 1.07 bits per heavy atom. The van der Waals surface area contributed by atoms with E-state index < -0.39 is 0 Å². The van der Waals surface area contributed by atoms with E-state index in [4.69, 9.17) is 21.1 Å². The number of nitrogens with one attached hydrogen (secondary N) is 1. The van der Waals surface area contributed by atoms with Gasteiger partial charge in [0.25, 0.3) is 0 Å². The van der Waals surface area contributed by atoms with Gasteiger partial charge in [0.1, 0.15) is 12.4 Å². The second-order valence-corrected chi connectivity index (χ2v) is 7.66. The third-order valence-corrected chi connectivity index (χ3v) is 5.01. The summed E-state index contributed by atoms with van der Waals surface area (Å²) in [4.78, 5) is 0. The van der Waals surface area contributed by atoms with Crippen LogP contribution >= 0.6 is 27.5 Å². The van der Waals surface area contributed by atoms with Gasteiger partial charge in [0.2, 0.25) is 0 Å². The predicted molar refractivity (Wildman–Crippen MR) is 115 cm³/mol. The van der Waals surface area contributed by atoms with Crippen molar-refractivity contribution in [1.29, 1.82) is 0 Å². The average molecular weight is 465 g/mol. The highest BCUT2D eigenvalue weighted by atomic mass is 79.9. The quantitative estimate of drug-likeness (QED) is 0.419. The Bertz CT molecular complexity index is 981. The predicted octanol–water partition coefficient (Wildman–Crippen LogP) is 6.75. The molecule has 0 heterocycles. The van der Waals surface area contributed by atoms with E-state index in [0.29, 0.717) is 23.1 Å². The molecule has 0 radical (unpaired) electrons. The molecule has 1 N–H and O–H groups in total. The van der Waals surface area contributed by atoms with Crippen LogP contribution in [0.15, 0.2) is 59.1 Å². The maximum atomic E-state index is 13.3. The first kappa shape index (κ1) is 20.5. The summed E-state index contributed by atoms with van der Waals surface area (Å²) in [6.07, 6.45) is 0. The van der Waals surface area contributed by atoms with Crippen LogP contribution in [0.1, 0.15) is 16.7 Å². The van der Waals surface area contributed by atoms with E-state index in [0.717, 1.165) is 26.9 Å². The molecule has 3 aromatic carbocycles. The van der Waals surface area contributed by atoms with Crippen LogP contribution < -0.4 is 14.8 Å². The normalized spacial score (nSPS) is 10.6. The van der Waals surface area contributed by atoms with Gasteiger partial charge in [-0.25, -0.2) is 4.39 Å². The van der Waals surface area contributed by atoms with E-state index in [1.54, 1.807) is 19.2 Å². The van der Waals surface area contributed by atoms with Crippen molar-refractivity contribution in [3.8, 4) is 11.5 Å². The molecule has 3 rings (SSSR count). The first-order chi connectivity index (χ1) is 13.5. The van der Waals surface area contributed by atoms with Crippen molar-refractivity contribution in [1.82, 2.24) is 0 Å². The molecule has 3 aromatic rings. The summed E-state index contributed by atoms with van der Waals surface area (Å²) in [5.41, 5.74) is 3.86. The lowest BCUT2D eigenvalue weighted by molar-refractivity contribution is 0.284. The van der Waals surface area contributed by atoms with Crippen LogP contribution in [0.3, 0.4) is 0 Å². The number of hydrogen-bond acceptors (Lipinski definition) is 3. The van der Waals surface area contributed by atoms with Gasteiger partial charge in [-0.15, -0.1) is 0 Å². The van der Waals surface area contributed by atoms with Crippen molar-refractivity contribution in [3.63, 3.8) is 0 Å². The molecule has 3 nitrogen and oxygen atoms in total. The zero-order chi connectivity index (χ0) is 20.1. The first-order valence-electron chi connectivity index (χ1n) is 8.70. The van der Waals surface area contributed by atoms with Gasteiger partial charge in [-0.2, -0.15) is 0 Å². The van der Waals surface area contributed by atoms with Crippen molar-refractivity contribution in [3.05, 3.63) is 86.6 Å². The molecule has 146 valence electrons. The summed E-state index contributed by atoms with van der Waals surface area (Å²) < 4.78 is 25.6. The fourth-order valence-electron chi connectivity index (χ4n) is 2.82. The molecular weight excluding hydrogens is 445 g/mol. The summed E-state index contributed by atoms with van der Waals surface area (Å²) >= 11 is 9.90. The largest absolute Gasteiger partial charge is 0.493 e. The molecule has 0 amide bonds. The second kappa shape index (κ2) is 9.30. The van der Waals surface area contributed by atoms with Gasteiger partial charge in [0, 0.05) is 16.7 Å². The molecule has 0 saturated heterocycles. The molecule has 6 heteroatoms. The van der Waals surface area contributed by atoms with Crippen molar-refractivity contribution in [2.75, 3.05) is 12.4 Å². The number of rotatable bonds is 7. The summed E-state index contributed by atoms with van der Waals surface area (Å²) in [6, 6.07) is 16.1. The smallest absolute Gasteiger partial charge is 0.180 e. The Balaban J connectivity index is 1.73. The van der Waals surface area contributed by atoms with Gasteiger partial charge >= 0.3 is 0 Å². The third kappa shape index (κ3) is 5.18. The number of benzene rings is 3. The average Bonchev–Trinajstić information content (AvgIpc) is 2.66. The van der Waals surface area contributed by atoms with Crippen molar-refractivity contribution < 1.29 is 13.9 Å². The van der Waals surface area contributed by atoms with E-state index >= 15 is 0 Å². The fraction of sp³-hybridized carbons (Fsp3) is 0.182. The van der Waals surface area contributed by atoms with E-state index in [2.05, 4.69) is 27.3 Å². The van der Waals surface area contributed by atoms with Crippen LogP contribution in [0, 0.1) is 12.7 Å². The van der Waals surface area contributed by atoms with Crippen molar-refractivity contribution in [2.45, 2.75) is 20.1 Å². The lowest BCUT2D eigenvalue weighted by atomic mass is 10.1. The maximum absolute atomic E-state index is 13.3. The van der Waals surface area contributed by atoms with Crippen LogP contribution in [0.2, 0.25) is 5.02 Å². The molecule has 0 aromatic heterocycles. The molecule has 0 spiro atoms. The van der Waals surface area contributed by atoms with Gasteiger partial charge in [0.15, 0.2) is 11.5 Å². The standard InChI is InChI=1S/C22H20BrClFNO2/c1-14-8-17(23)6-7-20(14)26-12-16-10-19(24)22(21(11-16)27-2)28-13-15-4-3-5-18(25)9-15/h3-11,26H,12-13H2,1-2H3. The number of halogens is 3. The number of methoxy groups -OCH3 is 1. The highest BCUT2D eigenvalue weighted by Gasteiger charge is 2.13. The molecule has 0 aliphatic rings. The molecular formula is C22H20BrClFNO2. The number of aryl methyl sites for hydroxylation is 1. The lowest BCUT2D eigenvalue weighted by Crippen LogP contribution is -2.03. The van der Waals surface area contributed by atoms with Crippen molar-refractivity contribution >= 4 is 33.2 Å². The Hall–Kier alpha value is -2.24. The topological polar surface area (TPSA) is 30.5 Å². The Morgan fingerprint density at radius 3 is 2.61 bits per heavy atom. The molecule has 28 heavy (non-hydrogen) atoms. The van der Waals surface area contributed by atoms with Gasteiger partial charge in [-0.05, 0) is 66.1 Å². The minimum Gasteiger partial charge on any atom is -0.493 e. The van der Waals surface area contributed by atoms with E-state index in [9.17, 15) is 4.39 Å². The Morgan fingerprint density at radius 2 is 1.89 bits per heavy atom. The molecule has 0 saturated carbocycles.